The third-order valence-corrected chi connectivity index (χ3v) is 5.01. The van der Waals surface area contributed by atoms with Gasteiger partial charge in [-0.3, -0.25) is 4.79 Å². The van der Waals surface area contributed by atoms with E-state index in [-0.39, 0.29) is 17.0 Å². The number of benzene rings is 2. The average molecular weight is 394 g/mol. The predicted octanol–water partition coefficient (Wildman–Crippen LogP) is 4.29. The van der Waals surface area contributed by atoms with E-state index in [4.69, 9.17) is 5.26 Å². The molecule has 0 saturated heterocycles. The van der Waals surface area contributed by atoms with Crippen LogP contribution in [0.25, 0.3) is 0 Å². The summed E-state index contributed by atoms with van der Waals surface area (Å²) in [7, 11) is 0. The molecule has 0 saturated carbocycles. The number of amides is 1. The van der Waals surface area contributed by atoms with Gasteiger partial charge < -0.3 is 10.4 Å². The Balaban J connectivity index is 2.11. The van der Waals surface area contributed by atoms with Crippen molar-refractivity contribution in [1.29, 1.82) is 5.26 Å². The zero-order chi connectivity index (χ0) is 20.2. The van der Waals surface area contributed by atoms with Crippen LogP contribution in [0.15, 0.2) is 47.4 Å². The molecule has 2 rings (SSSR count). The minimum absolute atomic E-state index is 0.0302. The van der Waals surface area contributed by atoms with Gasteiger partial charge in [0.1, 0.15) is 11.4 Å². The summed E-state index contributed by atoms with van der Waals surface area (Å²) in [5.41, 5.74) is -2.47. The van der Waals surface area contributed by atoms with Gasteiger partial charge in [0.25, 0.3) is 11.8 Å². The molecule has 8 heteroatoms. The summed E-state index contributed by atoms with van der Waals surface area (Å²) < 4.78 is 40.2. The second-order valence-corrected chi connectivity index (χ2v) is 7.28. The molecule has 142 valence electrons. The number of halogens is 3. The number of rotatable bonds is 6. The van der Waals surface area contributed by atoms with E-state index in [1.807, 2.05) is 0 Å². The number of carbonyl (C=O) groups excluding carboxylic acids is 1. The zero-order valence-corrected chi connectivity index (χ0v) is 15.4. The first-order valence-electron chi connectivity index (χ1n) is 7.87. The number of nitriles is 1. The lowest BCUT2D eigenvalue weighted by Crippen LogP contribution is -2.42. The highest BCUT2D eigenvalue weighted by molar-refractivity contribution is 7.99. The number of carbonyl (C=O) groups is 1. The van der Waals surface area contributed by atoms with Crippen LogP contribution in [0.3, 0.4) is 0 Å². The highest BCUT2D eigenvalue weighted by Gasteiger charge is 2.32. The number of nitrogens with one attached hydrogen (secondary N) is 1. The molecule has 27 heavy (non-hydrogen) atoms. The Hall–Kier alpha value is -2.50. The molecule has 2 N–H and O–H groups in total. The van der Waals surface area contributed by atoms with Gasteiger partial charge >= 0.3 is 0 Å². The van der Waals surface area contributed by atoms with E-state index in [0.717, 1.165) is 17.8 Å². The maximum absolute atomic E-state index is 13.6. The summed E-state index contributed by atoms with van der Waals surface area (Å²) in [4.78, 5) is 13.0. The van der Waals surface area contributed by atoms with E-state index in [0.29, 0.717) is 11.8 Å². The SMILES string of the molecule is CC(O)(CSc1ccc(F)cc1)C(=O)Nc1ccc(C#N)c(C(C)(F)F)c1. The number of anilines is 1. The summed E-state index contributed by atoms with van der Waals surface area (Å²) in [5.74, 6) is -4.47. The summed E-state index contributed by atoms with van der Waals surface area (Å²) in [6.07, 6.45) is 0. The van der Waals surface area contributed by atoms with Crippen LogP contribution in [0.2, 0.25) is 0 Å². The van der Waals surface area contributed by atoms with Crippen LogP contribution in [0.5, 0.6) is 0 Å². The molecule has 2 aromatic rings. The molecule has 1 unspecified atom stereocenters. The minimum atomic E-state index is -3.26. The van der Waals surface area contributed by atoms with E-state index < -0.39 is 28.8 Å². The molecule has 0 aliphatic heterocycles. The van der Waals surface area contributed by atoms with Crippen molar-refractivity contribution in [3.8, 4) is 6.07 Å². The Labute approximate surface area is 159 Å². The van der Waals surface area contributed by atoms with Crippen LogP contribution in [0.1, 0.15) is 25.0 Å². The smallest absolute Gasteiger partial charge is 0.271 e. The summed E-state index contributed by atoms with van der Waals surface area (Å²) in [5, 5.41) is 21.7. The van der Waals surface area contributed by atoms with Crippen LogP contribution >= 0.6 is 11.8 Å². The number of alkyl halides is 2. The monoisotopic (exact) mass is 394 g/mol. The summed E-state index contributed by atoms with van der Waals surface area (Å²) in [6.45, 7) is 1.95. The van der Waals surface area contributed by atoms with E-state index in [1.54, 1.807) is 6.07 Å². The van der Waals surface area contributed by atoms with Gasteiger partial charge in [0.2, 0.25) is 0 Å². The first-order valence-corrected chi connectivity index (χ1v) is 8.86. The molecule has 0 bridgehead atoms. The lowest BCUT2D eigenvalue weighted by atomic mass is 10.0. The molecule has 0 aliphatic rings. The maximum Gasteiger partial charge on any atom is 0.271 e. The Morgan fingerprint density at radius 1 is 1.22 bits per heavy atom. The molecule has 0 fully saturated rings. The Morgan fingerprint density at radius 2 is 1.85 bits per heavy atom. The maximum atomic E-state index is 13.6. The van der Waals surface area contributed by atoms with Crippen LogP contribution < -0.4 is 5.32 Å². The van der Waals surface area contributed by atoms with Gasteiger partial charge in [-0.05, 0) is 49.4 Å². The molecule has 2 aromatic carbocycles. The van der Waals surface area contributed by atoms with E-state index in [2.05, 4.69) is 5.32 Å². The molecule has 0 heterocycles. The molecule has 4 nitrogen and oxygen atoms in total. The van der Waals surface area contributed by atoms with Crippen LogP contribution in [0.4, 0.5) is 18.9 Å². The van der Waals surface area contributed by atoms with Crippen LogP contribution in [-0.4, -0.2) is 22.4 Å². The molecular formula is C19H17F3N2O2S. The molecule has 0 radical (unpaired) electrons. The Kier molecular flexibility index (Phi) is 6.19. The second kappa shape index (κ2) is 8.03. The van der Waals surface area contributed by atoms with E-state index >= 15 is 0 Å². The third-order valence-electron chi connectivity index (χ3n) is 3.69. The summed E-state index contributed by atoms with van der Waals surface area (Å²) >= 11 is 1.15. The number of thioether (sulfide) groups is 1. The van der Waals surface area contributed by atoms with Gasteiger partial charge in [-0.15, -0.1) is 11.8 Å². The van der Waals surface area contributed by atoms with Gasteiger partial charge in [0, 0.05) is 28.8 Å². The second-order valence-electron chi connectivity index (χ2n) is 6.23. The molecule has 0 spiro atoms. The number of nitrogens with zero attached hydrogens (tertiary/aromatic N) is 1. The van der Waals surface area contributed by atoms with Gasteiger partial charge in [0.05, 0.1) is 11.6 Å². The minimum Gasteiger partial charge on any atom is -0.379 e. The highest BCUT2D eigenvalue weighted by Crippen LogP contribution is 2.32. The number of hydrogen-bond donors (Lipinski definition) is 2. The predicted molar refractivity (Wildman–Crippen MR) is 97.1 cm³/mol. The van der Waals surface area contributed by atoms with Gasteiger partial charge in [0.15, 0.2) is 0 Å². The van der Waals surface area contributed by atoms with Gasteiger partial charge in [-0.1, -0.05) is 0 Å². The first kappa shape index (κ1) is 20.8. The van der Waals surface area contributed by atoms with E-state index in [1.165, 1.54) is 43.3 Å². The molecule has 0 aromatic heterocycles. The van der Waals surface area contributed by atoms with Crippen molar-refractivity contribution in [3.05, 3.63) is 59.4 Å². The van der Waals surface area contributed by atoms with Crippen molar-refractivity contribution < 1.29 is 23.1 Å². The fraction of sp³-hybridized carbons (Fsp3) is 0.263. The van der Waals surface area contributed by atoms with Crippen molar-refractivity contribution in [2.24, 2.45) is 0 Å². The Morgan fingerprint density at radius 3 is 2.41 bits per heavy atom. The van der Waals surface area contributed by atoms with E-state index in [9.17, 15) is 23.1 Å². The normalized spacial score (nSPS) is 13.5. The number of hydrogen-bond acceptors (Lipinski definition) is 4. The van der Waals surface area contributed by atoms with Crippen molar-refractivity contribution in [2.75, 3.05) is 11.1 Å². The molecule has 0 aliphatic carbocycles. The largest absolute Gasteiger partial charge is 0.379 e. The fourth-order valence-corrected chi connectivity index (χ4v) is 3.08. The lowest BCUT2D eigenvalue weighted by Gasteiger charge is -2.22. The van der Waals surface area contributed by atoms with Crippen LogP contribution in [0, 0.1) is 17.1 Å². The highest BCUT2D eigenvalue weighted by atomic mass is 32.2. The lowest BCUT2D eigenvalue weighted by molar-refractivity contribution is -0.130. The van der Waals surface area contributed by atoms with Crippen molar-refractivity contribution in [3.63, 3.8) is 0 Å². The first-order chi connectivity index (χ1) is 12.5. The van der Waals surface area contributed by atoms with Gasteiger partial charge in [-0.25, -0.2) is 13.2 Å². The van der Waals surface area contributed by atoms with Crippen molar-refractivity contribution in [1.82, 2.24) is 0 Å². The topological polar surface area (TPSA) is 73.1 Å². The molecule has 1 amide bonds. The third kappa shape index (κ3) is 5.49. The zero-order valence-electron chi connectivity index (χ0n) is 14.6. The van der Waals surface area contributed by atoms with Crippen molar-refractivity contribution >= 4 is 23.4 Å². The van der Waals surface area contributed by atoms with Gasteiger partial charge in [-0.2, -0.15) is 5.26 Å². The molecule has 1 atom stereocenters. The fourth-order valence-electron chi connectivity index (χ4n) is 2.17. The average Bonchev–Trinajstić information content (AvgIpc) is 2.60. The summed E-state index contributed by atoms with van der Waals surface area (Å²) in [6, 6.07) is 10.8. The van der Waals surface area contributed by atoms with Crippen molar-refractivity contribution in [2.45, 2.75) is 30.3 Å². The standard InChI is InChI=1S/C19H17F3N2O2S/c1-18(26,11-27-15-7-4-13(20)5-8-15)17(25)24-14-6-3-12(10-23)16(9-14)19(2,21)22/h3-9,26H,11H2,1-2H3,(H,24,25). The van der Waals surface area contributed by atoms with Crippen LogP contribution in [-0.2, 0) is 10.7 Å². The quantitative estimate of drug-likeness (QED) is 0.717. The molecular weight excluding hydrogens is 377 g/mol. The Bertz CT molecular complexity index is 872. The number of aliphatic hydroxyl groups is 1.